The smallest absolute Gasteiger partial charge is 0.224 e. The number of β-amino-alcohol motifs (C(OH)–C–C–N with tert-alkyl or cyclic N) is 1. The summed E-state index contributed by atoms with van der Waals surface area (Å²) in [6.07, 6.45) is 8.28. The van der Waals surface area contributed by atoms with Crippen LogP contribution >= 0.6 is 0 Å². The van der Waals surface area contributed by atoms with Crippen LogP contribution in [0.15, 0.2) is 0 Å². The van der Waals surface area contributed by atoms with Gasteiger partial charge in [-0.2, -0.15) is 0 Å². The predicted octanol–water partition coefficient (Wildman–Crippen LogP) is 1.67. The number of amides is 1. The van der Waals surface area contributed by atoms with Crippen molar-refractivity contribution >= 4 is 5.91 Å². The van der Waals surface area contributed by atoms with E-state index in [0.29, 0.717) is 19.5 Å². The number of rotatable bonds is 5. The van der Waals surface area contributed by atoms with E-state index in [1.807, 2.05) is 11.9 Å². The third-order valence-electron chi connectivity index (χ3n) is 4.87. The van der Waals surface area contributed by atoms with Gasteiger partial charge in [0.25, 0.3) is 0 Å². The molecule has 1 aliphatic carbocycles. The van der Waals surface area contributed by atoms with Crippen LogP contribution in [0.5, 0.6) is 0 Å². The molecule has 2 aliphatic rings. The van der Waals surface area contributed by atoms with Gasteiger partial charge >= 0.3 is 0 Å². The highest BCUT2D eigenvalue weighted by atomic mass is 16.3. The van der Waals surface area contributed by atoms with Gasteiger partial charge in [-0.15, -0.1) is 0 Å². The first kappa shape index (κ1) is 14.8. The van der Waals surface area contributed by atoms with Crippen LogP contribution in [-0.4, -0.2) is 47.2 Å². The van der Waals surface area contributed by atoms with Crippen LogP contribution in [0.2, 0.25) is 0 Å². The van der Waals surface area contributed by atoms with Crippen LogP contribution in [0.4, 0.5) is 0 Å². The van der Waals surface area contributed by atoms with Gasteiger partial charge < -0.3 is 15.3 Å². The van der Waals surface area contributed by atoms with Gasteiger partial charge in [-0.3, -0.25) is 4.79 Å². The minimum Gasteiger partial charge on any atom is -0.386 e. The molecule has 0 unspecified atom stereocenters. The molecule has 0 aromatic rings. The van der Waals surface area contributed by atoms with Gasteiger partial charge in [-0.1, -0.05) is 32.6 Å². The number of nitrogens with one attached hydrogen (secondary N) is 1. The molecule has 1 heterocycles. The average molecular weight is 268 g/mol. The molecule has 2 N–H and O–H groups in total. The fraction of sp³-hybridized carbons (Fsp3) is 0.933. The Hall–Kier alpha value is -0.610. The van der Waals surface area contributed by atoms with Crippen molar-refractivity contribution in [3.8, 4) is 0 Å². The van der Waals surface area contributed by atoms with E-state index < -0.39 is 5.60 Å². The van der Waals surface area contributed by atoms with Gasteiger partial charge in [0.15, 0.2) is 0 Å². The maximum absolute atomic E-state index is 12.3. The second-order valence-electron chi connectivity index (χ2n) is 6.49. The Labute approximate surface area is 116 Å². The standard InChI is InChI=1S/C15H28N2O2/c1-3-7-15(19)11-17(12-15)13(18)10-14(16-2)8-5-4-6-9-14/h16,19H,3-12H2,1-2H3. The fourth-order valence-electron chi connectivity index (χ4n) is 3.61. The van der Waals surface area contributed by atoms with Crippen LogP contribution in [-0.2, 0) is 4.79 Å². The largest absolute Gasteiger partial charge is 0.386 e. The lowest BCUT2D eigenvalue weighted by atomic mass is 9.78. The van der Waals surface area contributed by atoms with Gasteiger partial charge in [0.2, 0.25) is 5.91 Å². The van der Waals surface area contributed by atoms with Gasteiger partial charge in [0.1, 0.15) is 0 Å². The lowest BCUT2D eigenvalue weighted by Crippen LogP contribution is -2.64. The summed E-state index contributed by atoms with van der Waals surface area (Å²) in [5, 5.41) is 13.5. The zero-order chi connectivity index (χ0) is 13.9. The van der Waals surface area contributed by atoms with E-state index in [4.69, 9.17) is 0 Å². The van der Waals surface area contributed by atoms with E-state index in [9.17, 15) is 9.90 Å². The minimum atomic E-state index is -0.607. The second kappa shape index (κ2) is 5.80. The minimum absolute atomic E-state index is 0.00773. The molecule has 0 aromatic heterocycles. The van der Waals surface area contributed by atoms with Crippen molar-refractivity contribution in [1.82, 2.24) is 10.2 Å². The molecule has 1 saturated heterocycles. The molecule has 0 spiro atoms. The lowest BCUT2D eigenvalue weighted by molar-refractivity contribution is -0.158. The Bertz CT molecular complexity index is 318. The van der Waals surface area contributed by atoms with Crippen molar-refractivity contribution in [3.63, 3.8) is 0 Å². The molecule has 4 nitrogen and oxygen atoms in total. The molecule has 19 heavy (non-hydrogen) atoms. The number of hydrogen-bond donors (Lipinski definition) is 2. The van der Waals surface area contributed by atoms with E-state index in [1.54, 1.807) is 0 Å². The summed E-state index contributed by atoms with van der Waals surface area (Å²) >= 11 is 0. The Morgan fingerprint density at radius 3 is 2.42 bits per heavy atom. The number of carbonyl (C=O) groups is 1. The quantitative estimate of drug-likeness (QED) is 0.797. The van der Waals surface area contributed by atoms with Gasteiger partial charge in [-0.05, 0) is 26.3 Å². The van der Waals surface area contributed by atoms with Crippen LogP contribution in [0.3, 0.4) is 0 Å². The van der Waals surface area contributed by atoms with Crippen molar-refractivity contribution < 1.29 is 9.90 Å². The van der Waals surface area contributed by atoms with Crippen LogP contribution in [0, 0.1) is 0 Å². The summed E-state index contributed by atoms with van der Waals surface area (Å²) in [4.78, 5) is 14.1. The highest BCUT2D eigenvalue weighted by Gasteiger charge is 2.44. The molecular formula is C15H28N2O2. The summed E-state index contributed by atoms with van der Waals surface area (Å²) in [5.41, 5.74) is -0.600. The monoisotopic (exact) mass is 268 g/mol. The molecule has 1 amide bonds. The molecule has 110 valence electrons. The number of carbonyl (C=O) groups excluding carboxylic acids is 1. The molecule has 1 saturated carbocycles. The fourth-order valence-corrected chi connectivity index (χ4v) is 3.61. The zero-order valence-corrected chi connectivity index (χ0v) is 12.4. The summed E-state index contributed by atoms with van der Waals surface area (Å²) in [7, 11) is 1.97. The van der Waals surface area contributed by atoms with E-state index in [0.717, 1.165) is 25.7 Å². The van der Waals surface area contributed by atoms with Gasteiger partial charge in [0.05, 0.1) is 18.7 Å². The highest BCUT2D eigenvalue weighted by molar-refractivity contribution is 5.78. The van der Waals surface area contributed by atoms with Crippen LogP contribution < -0.4 is 5.32 Å². The molecule has 4 heteroatoms. The van der Waals surface area contributed by atoms with Crippen molar-refractivity contribution in [2.24, 2.45) is 0 Å². The average Bonchev–Trinajstić information content (AvgIpc) is 2.37. The first-order chi connectivity index (χ1) is 9.02. The summed E-state index contributed by atoms with van der Waals surface area (Å²) in [6, 6.07) is 0. The van der Waals surface area contributed by atoms with Crippen LogP contribution in [0.1, 0.15) is 58.3 Å². The van der Waals surface area contributed by atoms with Crippen molar-refractivity contribution in [1.29, 1.82) is 0 Å². The molecule has 0 aromatic carbocycles. The summed E-state index contributed by atoms with van der Waals surface area (Å²) in [6.45, 7) is 3.12. The molecule has 2 fully saturated rings. The van der Waals surface area contributed by atoms with Crippen molar-refractivity contribution in [2.75, 3.05) is 20.1 Å². The lowest BCUT2D eigenvalue weighted by Gasteiger charge is -2.48. The maximum atomic E-state index is 12.3. The Balaban J connectivity index is 1.84. The summed E-state index contributed by atoms with van der Waals surface area (Å²) < 4.78 is 0. The third kappa shape index (κ3) is 3.29. The van der Waals surface area contributed by atoms with Crippen LogP contribution in [0.25, 0.3) is 0 Å². The molecule has 0 bridgehead atoms. The normalized spacial score (nSPS) is 24.9. The second-order valence-corrected chi connectivity index (χ2v) is 6.49. The SMILES string of the molecule is CCCC1(O)CN(C(=O)CC2(NC)CCCCC2)C1. The Kier molecular flexibility index (Phi) is 4.51. The molecule has 2 rings (SSSR count). The first-order valence-corrected chi connectivity index (χ1v) is 7.72. The number of nitrogens with zero attached hydrogens (tertiary/aromatic N) is 1. The zero-order valence-electron chi connectivity index (χ0n) is 12.4. The van der Waals surface area contributed by atoms with Crippen molar-refractivity contribution in [3.05, 3.63) is 0 Å². The Morgan fingerprint density at radius 1 is 1.26 bits per heavy atom. The molecule has 0 atom stereocenters. The van der Waals surface area contributed by atoms with Gasteiger partial charge in [-0.25, -0.2) is 0 Å². The highest BCUT2D eigenvalue weighted by Crippen LogP contribution is 2.33. The number of likely N-dealkylation sites (tertiary alicyclic amines) is 1. The number of aliphatic hydroxyl groups is 1. The molecular weight excluding hydrogens is 240 g/mol. The third-order valence-corrected chi connectivity index (χ3v) is 4.87. The van der Waals surface area contributed by atoms with E-state index in [2.05, 4.69) is 12.2 Å². The molecule has 0 radical (unpaired) electrons. The Morgan fingerprint density at radius 2 is 1.89 bits per heavy atom. The number of hydrogen-bond acceptors (Lipinski definition) is 3. The van der Waals surface area contributed by atoms with E-state index in [-0.39, 0.29) is 11.4 Å². The molecule has 1 aliphatic heterocycles. The van der Waals surface area contributed by atoms with Crippen molar-refractivity contribution in [2.45, 2.75) is 69.4 Å². The summed E-state index contributed by atoms with van der Waals surface area (Å²) in [5.74, 6) is 0.206. The van der Waals surface area contributed by atoms with Gasteiger partial charge in [0, 0.05) is 12.0 Å². The topological polar surface area (TPSA) is 52.6 Å². The predicted molar refractivity (Wildman–Crippen MR) is 75.9 cm³/mol. The van der Waals surface area contributed by atoms with E-state index in [1.165, 1.54) is 19.3 Å². The maximum Gasteiger partial charge on any atom is 0.224 e. The van der Waals surface area contributed by atoms with E-state index >= 15 is 0 Å². The first-order valence-electron chi connectivity index (χ1n) is 7.72.